The van der Waals surface area contributed by atoms with Gasteiger partial charge in [-0.25, -0.2) is 4.98 Å². The van der Waals surface area contributed by atoms with Crippen molar-refractivity contribution in [1.29, 1.82) is 0 Å². The van der Waals surface area contributed by atoms with Crippen LogP contribution in [0.2, 0.25) is 0 Å². The Labute approximate surface area is 153 Å². The fourth-order valence-corrected chi connectivity index (χ4v) is 3.58. The molecule has 4 rings (SSSR count). The molecule has 4 heteroatoms. The first-order chi connectivity index (χ1) is 12.5. The summed E-state index contributed by atoms with van der Waals surface area (Å²) in [6.07, 6.45) is 6.96. The largest absolute Gasteiger partial charge is 0.341 e. The molecule has 1 atom stereocenters. The highest BCUT2D eigenvalue weighted by atomic mass is 16.2. The predicted molar refractivity (Wildman–Crippen MR) is 104 cm³/mol. The number of aryl methyl sites for hydroxylation is 2. The van der Waals surface area contributed by atoms with Crippen molar-refractivity contribution in [1.82, 2.24) is 14.3 Å². The van der Waals surface area contributed by atoms with Gasteiger partial charge in [-0.1, -0.05) is 48.0 Å². The first-order valence-electron chi connectivity index (χ1n) is 9.00. The molecule has 0 aliphatic carbocycles. The van der Waals surface area contributed by atoms with Crippen LogP contribution in [0.25, 0.3) is 16.9 Å². The molecule has 0 bridgehead atoms. The van der Waals surface area contributed by atoms with E-state index in [9.17, 15) is 4.79 Å². The normalized spacial score (nSPS) is 17.7. The number of benzene rings is 1. The van der Waals surface area contributed by atoms with E-state index < -0.39 is 0 Å². The van der Waals surface area contributed by atoms with Crippen LogP contribution in [0, 0.1) is 13.8 Å². The number of allylic oxidation sites excluding steroid dienone is 1. The molecule has 1 aromatic carbocycles. The second kappa shape index (κ2) is 6.45. The number of imidazole rings is 1. The molecule has 0 spiro atoms. The number of aromatic nitrogens is 2. The van der Waals surface area contributed by atoms with E-state index in [0.29, 0.717) is 13.0 Å². The number of carbonyl (C=O) groups excluding carboxylic acids is 1. The lowest BCUT2D eigenvalue weighted by Crippen LogP contribution is -2.31. The zero-order valence-corrected chi connectivity index (χ0v) is 15.4. The van der Waals surface area contributed by atoms with Gasteiger partial charge in [-0.05, 0) is 31.9 Å². The zero-order chi connectivity index (χ0) is 18.3. The Kier molecular flexibility index (Phi) is 4.11. The van der Waals surface area contributed by atoms with Gasteiger partial charge in [0, 0.05) is 25.4 Å². The Morgan fingerprint density at radius 2 is 1.73 bits per heavy atom. The highest BCUT2D eigenvalue weighted by Gasteiger charge is 2.30. The summed E-state index contributed by atoms with van der Waals surface area (Å²) in [6, 6.07) is 12.5. The highest BCUT2D eigenvalue weighted by molar-refractivity contribution is 5.86. The van der Waals surface area contributed by atoms with Gasteiger partial charge in [0.2, 0.25) is 5.91 Å². The van der Waals surface area contributed by atoms with Crippen LogP contribution in [0.15, 0.2) is 54.7 Å². The van der Waals surface area contributed by atoms with Gasteiger partial charge >= 0.3 is 0 Å². The minimum absolute atomic E-state index is 0.145. The fourth-order valence-electron chi connectivity index (χ4n) is 3.58. The molecule has 0 fully saturated rings. The van der Waals surface area contributed by atoms with E-state index in [2.05, 4.69) is 66.9 Å². The van der Waals surface area contributed by atoms with Crippen molar-refractivity contribution in [2.45, 2.75) is 26.2 Å². The summed E-state index contributed by atoms with van der Waals surface area (Å²) in [6.45, 7) is 4.80. The average Bonchev–Trinajstić information content (AvgIpc) is 2.91. The van der Waals surface area contributed by atoms with E-state index in [1.54, 1.807) is 4.90 Å². The summed E-state index contributed by atoms with van der Waals surface area (Å²) in [5.74, 6) is -0.0847. The lowest BCUT2D eigenvalue weighted by Gasteiger charge is -2.21. The number of fused-ring (bicyclic) bond motifs is 1. The summed E-state index contributed by atoms with van der Waals surface area (Å²) in [4.78, 5) is 19.7. The first-order valence-corrected chi connectivity index (χ1v) is 9.00. The van der Waals surface area contributed by atoms with Gasteiger partial charge in [-0.2, -0.15) is 0 Å². The maximum atomic E-state index is 13.1. The number of rotatable bonds is 2. The van der Waals surface area contributed by atoms with Gasteiger partial charge < -0.3 is 9.30 Å². The van der Waals surface area contributed by atoms with Crippen LogP contribution >= 0.6 is 0 Å². The molecule has 3 aromatic rings. The SMILES string of the molecule is Cc1ccc(-c2nc3ccc(C)cn3c2C2CC=CCN(C)C2=O)cc1. The number of nitrogens with zero attached hydrogens (tertiary/aromatic N) is 3. The van der Waals surface area contributed by atoms with E-state index >= 15 is 0 Å². The van der Waals surface area contributed by atoms with Crippen LogP contribution < -0.4 is 0 Å². The molecule has 1 aliphatic rings. The van der Waals surface area contributed by atoms with Crippen molar-refractivity contribution < 1.29 is 4.79 Å². The summed E-state index contributed by atoms with van der Waals surface area (Å²) >= 11 is 0. The molecule has 1 unspecified atom stereocenters. The van der Waals surface area contributed by atoms with Gasteiger partial charge in [0.1, 0.15) is 5.65 Å². The molecule has 0 N–H and O–H groups in total. The van der Waals surface area contributed by atoms with E-state index in [-0.39, 0.29) is 11.8 Å². The third-order valence-corrected chi connectivity index (χ3v) is 5.05. The van der Waals surface area contributed by atoms with Gasteiger partial charge in [-0.15, -0.1) is 0 Å². The maximum absolute atomic E-state index is 13.1. The van der Waals surface area contributed by atoms with Gasteiger partial charge in [0.05, 0.1) is 17.3 Å². The van der Waals surface area contributed by atoms with Crippen molar-refractivity contribution >= 4 is 11.6 Å². The lowest BCUT2D eigenvalue weighted by atomic mass is 9.95. The van der Waals surface area contributed by atoms with E-state index in [0.717, 1.165) is 28.2 Å². The Morgan fingerprint density at radius 3 is 2.50 bits per heavy atom. The third-order valence-electron chi connectivity index (χ3n) is 5.05. The van der Waals surface area contributed by atoms with Crippen molar-refractivity contribution in [3.8, 4) is 11.3 Å². The van der Waals surface area contributed by atoms with Crippen LogP contribution in [0.5, 0.6) is 0 Å². The molecular formula is C22H23N3O. The summed E-state index contributed by atoms with van der Waals surface area (Å²) in [5, 5.41) is 0. The topological polar surface area (TPSA) is 37.6 Å². The standard InChI is InChI=1S/C22H23N3O/c1-15-7-10-17(11-8-15)20-21(18-6-4-5-13-24(3)22(18)26)25-14-16(2)9-12-19(25)23-20/h4-5,7-12,14,18H,6,13H2,1-3H3. The summed E-state index contributed by atoms with van der Waals surface area (Å²) < 4.78 is 2.10. The Balaban J connectivity index is 1.97. The molecule has 132 valence electrons. The second-order valence-electron chi connectivity index (χ2n) is 7.12. The molecule has 0 saturated heterocycles. The van der Waals surface area contributed by atoms with Crippen molar-refractivity contribution in [3.63, 3.8) is 0 Å². The molecule has 4 nitrogen and oxygen atoms in total. The van der Waals surface area contributed by atoms with Crippen molar-refractivity contribution in [3.05, 3.63) is 71.6 Å². The number of hydrogen-bond donors (Lipinski definition) is 0. The molecule has 1 aliphatic heterocycles. The van der Waals surface area contributed by atoms with Crippen LogP contribution in [0.4, 0.5) is 0 Å². The molecule has 0 radical (unpaired) electrons. The first kappa shape index (κ1) is 16.6. The minimum Gasteiger partial charge on any atom is -0.341 e. The van der Waals surface area contributed by atoms with E-state index in [4.69, 9.17) is 4.98 Å². The Morgan fingerprint density at radius 1 is 1.00 bits per heavy atom. The monoisotopic (exact) mass is 345 g/mol. The van der Waals surface area contributed by atoms with Crippen LogP contribution in [-0.2, 0) is 4.79 Å². The van der Waals surface area contributed by atoms with Crippen molar-refractivity contribution in [2.24, 2.45) is 0 Å². The van der Waals surface area contributed by atoms with Gasteiger partial charge in [0.15, 0.2) is 0 Å². The number of carbonyl (C=O) groups is 1. The minimum atomic E-state index is -0.230. The van der Waals surface area contributed by atoms with E-state index in [1.165, 1.54) is 5.56 Å². The van der Waals surface area contributed by atoms with Crippen LogP contribution in [-0.4, -0.2) is 33.8 Å². The summed E-state index contributed by atoms with van der Waals surface area (Å²) in [7, 11) is 1.87. The molecule has 0 saturated carbocycles. The molecule has 2 aromatic heterocycles. The van der Waals surface area contributed by atoms with Gasteiger partial charge in [-0.3, -0.25) is 4.79 Å². The zero-order valence-electron chi connectivity index (χ0n) is 15.4. The Hall–Kier alpha value is -2.88. The molecule has 3 heterocycles. The fraction of sp³-hybridized carbons (Fsp3) is 0.273. The number of hydrogen-bond acceptors (Lipinski definition) is 2. The van der Waals surface area contributed by atoms with Crippen molar-refractivity contribution in [2.75, 3.05) is 13.6 Å². The smallest absolute Gasteiger partial charge is 0.232 e. The third kappa shape index (κ3) is 2.81. The van der Waals surface area contributed by atoms with Crippen LogP contribution in [0.1, 0.15) is 29.2 Å². The second-order valence-corrected chi connectivity index (χ2v) is 7.12. The Bertz CT molecular complexity index is 998. The maximum Gasteiger partial charge on any atom is 0.232 e. The van der Waals surface area contributed by atoms with Crippen LogP contribution in [0.3, 0.4) is 0 Å². The summed E-state index contributed by atoms with van der Waals surface area (Å²) in [5.41, 5.74) is 6.17. The highest BCUT2D eigenvalue weighted by Crippen LogP contribution is 2.34. The average molecular weight is 345 g/mol. The molecular weight excluding hydrogens is 322 g/mol. The molecule has 26 heavy (non-hydrogen) atoms. The number of amides is 1. The van der Waals surface area contributed by atoms with E-state index in [1.807, 2.05) is 13.1 Å². The lowest BCUT2D eigenvalue weighted by molar-refractivity contribution is -0.130. The number of pyridine rings is 1. The predicted octanol–water partition coefficient (Wildman–Crippen LogP) is 4.12. The van der Waals surface area contributed by atoms with Gasteiger partial charge in [0.25, 0.3) is 0 Å². The molecule has 1 amide bonds. The number of likely N-dealkylation sites (N-methyl/N-ethyl adjacent to an activating group) is 1. The quantitative estimate of drug-likeness (QED) is 0.655.